The molecule has 1 aromatic rings. The first-order valence-corrected chi connectivity index (χ1v) is 6.45. The molecule has 0 spiro atoms. The van der Waals surface area contributed by atoms with Crippen molar-refractivity contribution in [2.45, 2.75) is 51.0 Å². The van der Waals surface area contributed by atoms with Crippen LogP contribution in [0.3, 0.4) is 0 Å². The van der Waals surface area contributed by atoms with Crippen molar-refractivity contribution in [2.75, 3.05) is 6.54 Å². The van der Waals surface area contributed by atoms with Crippen molar-refractivity contribution >= 4 is 0 Å². The van der Waals surface area contributed by atoms with Crippen molar-refractivity contribution in [1.29, 1.82) is 0 Å². The number of nitrogens with zero attached hydrogens (tertiary/aromatic N) is 2. The summed E-state index contributed by atoms with van der Waals surface area (Å²) in [6, 6.07) is 0.761. The molecule has 4 nitrogen and oxygen atoms in total. The quantitative estimate of drug-likeness (QED) is 0.794. The predicted molar refractivity (Wildman–Crippen MR) is 60.1 cm³/mol. The van der Waals surface area contributed by atoms with E-state index in [4.69, 9.17) is 4.42 Å². The lowest BCUT2D eigenvalue weighted by atomic mass is 9.83. The van der Waals surface area contributed by atoms with E-state index in [-0.39, 0.29) is 0 Å². The average molecular weight is 221 g/mol. The van der Waals surface area contributed by atoms with Crippen LogP contribution in [0.25, 0.3) is 0 Å². The van der Waals surface area contributed by atoms with Crippen molar-refractivity contribution in [3.05, 3.63) is 11.8 Å². The van der Waals surface area contributed by atoms with Crippen LogP contribution in [0.1, 0.15) is 43.9 Å². The molecule has 4 heteroatoms. The molecule has 0 aromatic carbocycles. The highest BCUT2D eigenvalue weighted by molar-refractivity contribution is 4.88. The van der Waals surface area contributed by atoms with Gasteiger partial charge in [-0.25, -0.2) is 0 Å². The van der Waals surface area contributed by atoms with Crippen LogP contribution in [0.5, 0.6) is 0 Å². The number of nitrogens with one attached hydrogen (secondary N) is 1. The van der Waals surface area contributed by atoms with Gasteiger partial charge in [-0.2, -0.15) is 0 Å². The normalized spacial score (nSPS) is 21.0. The summed E-state index contributed by atoms with van der Waals surface area (Å²) in [5.41, 5.74) is 0. The smallest absolute Gasteiger partial charge is 0.217 e. The molecule has 0 bridgehead atoms. The lowest BCUT2D eigenvalue weighted by molar-refractivity contribution is 0.287. The van der Waals surface area contributed by atoms with Gasteiger partial charge < -0.3 is 9.73 Å². The fourth-order valence-electron chi connectivity index (χ4n) is 2.09. The SMILES string of the molecule is C1CC(Cc2nnc(CCNC3CC3)o2)C1. The average Bonchev–Trinajstić information content (AvgIpc) is 2.92. The van der Waals surface area contributed by atoms with E-state index >= 15 is 0 Å². The Kier molecular flexibility index (Phi) is 2.91. The number of hydrogen-bond donors (Lipinski definition) is 1. The molecule has 0 radical (unpaired) electrons. The first kappa shape index (κ1) is 10.3. The van der Waals surface area contributed by atoms with Gasteiger partial charge >= 0.3 is 0 Å². The minimum absolute atomic E-state index is 0.761. The summed E-state index contributed by atoms with van der Waals surface area (Å²) >= 11 is 0. The Balaban J connectivity index is 1.43. The molecular formula is C12H19N3O. The van der Waals surface area contributed by atoms with E-state index in [1.165, 1.54) is 32.1 Å². The van der Waals surface area contributed by atoms with Gasteiger partial charge in [-0.3, -0.25) is 0 Å². The number of aromatic nitrogens is 2. The zero-order chi connectivity index (χ0) is 10.8. The van der Waals surface area contributed by atoms with Crippen LogP contribution in [0.4, 0.5) is 0 Å². The van der Waals surface area contributed by atoms with Crippen LogP contribution in [0.15, 0.2) is 4.42 Å². The largest absolute Gasteiger partial charge is 0.425 e. The Morgan fingerprint density at radius 2 is 1.94 bits per heavy atom. The van der Waals surface area contributed by atoms with Crippen molar-refractivity contribution in [3.8, 4) is 0 Å². The molecule has 88 valence electrons. The van der Waals surface area contributed by atoms with E-state index in [0.717, 1.165) is 43.1 Å². The van der Waals surface area contributed by atoms with E-state index in [1.807, 2.05) is 0 Å². The maximum Gasteiger partial charge on any atom is 0.217 e. The van der Waals surface area contributed by atoms with Crippen molar-refractivity contribution < 1.29 is 4.42 Å². The van der Waals surface area contributed by atoms with Crippen molar-refractivity contribution in [3.63, 3.8) is 0 Å². The standard InChI is InChI=1S/C12H19N3O/c1-2-9(3-1)8-12-15-14-11(16-12)6-7-13-10-4-5-10/h9-10,13H,1-8H2. The molecule has 0 amide bonds. The highest BCUT2D eigenvalue weighted by atomic mass is 16.4. The van der Waals surface area contributed by atoms with Crippen LogP contribution in [0, 0.1) is 5.92 Å². The van der Waals surface area contributed by atoms with Gasteiger partial charge in [-0.15, -0.1) is 10.2 Å². The highest BCUT2D eigenvalue weighted by Gasteiger charge is 2.21. The molecule has 16 heavy (non-hydrogen) atoms. The van der Waals surface area contributed by atoms with Gasteiger partial charge in [0.1, 0.15) is 0 Å². The molecule has 0 unspecified atom stereocenters. The molecule has 1 heterocycles. The molecule has 1 aromatic heterocycles. The molecule has 2 aliphatic rings. The number of rotatable bonds is 6. The van der Waals surface area contributed by atoms with Gasteiger partial charge in [-0.05, 0) is 31.6 Å². The molecule has 2 aliphatic carbocycles. The maximum atomic E-state index is 5.63. The molecule has 0 atom stereocenters. The van der Waals surface area contributed by atoms with Gasteiger partial charge in [0.2, 0.25) is 11.8 Å². The van der Waals surface area contributed by atoms with Gasteiger partial charge in [0, 0.05) is 25.4 Å². The molecule has 2 saturated carbocycles. The summed E-state index contributed by atoms with van der Waals surface area (Å²) in [6.07, 6.45) is 8.56. The van der Waals surface area contributed by atoms with Gasteiger partial charge in [0.15, 0.2) is 0 Å². The van der Waals surface area contributed by atoms with Gasteiger partial charge in [0.25, 0.3) is 0 Å². The van der Waals surface area contributed by atoms with Crippen LogP contribution >= 0.6 is 0 Å². The van der Waals surface area contributed by atoms with Gasteiger partial charge in [-0.1, -0.05) is 6.42 Å². The fraction of sp³-hybridized carbons (Fsp3) is 0.833. The summed E-state index contributed by atoms with van der Waals surface area (Å²) in [6.45, 7) is 0.968. The van der Waals surface area contributed by atoms with E-state index < -0.39 is 0 Å². The second-order valence-corrected chi connectivity index (χ2v) is 5.07. The summed E-state index contributed by atoms with van der Waals surface area (Å²) in [5, 5.41) is 11.6. The third kappa shape index (κ3) is 2.61. The Hall–Kier alpha value is -0.900. The van der Waals surface area contributed by atoms with Crippen LogP contribution < -0.4 is 5.32 Å². The maximum absolute atomic E-state index is 5.63. The minimum atomic E-state index is 0.761. The second-order valence-electron chi connectivity index (χ2n) is 5.07. The molecular weight excluding hydrogens is 202 g/mol. The lowest BCUT2D eigenvalue weighted by Gasteiger charge is -2.23. The minimum Gasteiger partial charge on any atom is -0.425 e. The molecule has 2 fully saturated rings. The van der Waals surface area contributed by atoms with Crippen molar-refractivity contribution in [1.82, 2.24) is 15.5 Å². The second kappa shape index (κ2) is 4.53. The topological polar surface area (TPSA) is 51.0 Å². The predicted octanol–water partition coefficient (Wildman–Crippen LogP) is 1.71. The van der Waals surface area contributed by atoms with Crippen LogP contribution in [-0.2, 0) is 12.8 Å². The third-order valence-electron chi connectivity index (χ3n) is 3.55. The zero-order valence-corrected chi connectivity index (χ0v) is 9.61. The number of hydrogen-bond acceptors (Lipinski definition) is 4. The summed E-state index contributed by atoms with van der Waals surface area (Å²) < 4.78 is 5.63. The summed E-state index contributed by atoms with van der Waals surface area (Å²) in [7, 11) is 0. The molecule has 1 N–H and O–H groups in total. The third-order valence-corrected chi connectivity index (χ3v) is 3.55. The fourth-order valence-corrected chi connectivity index (χ4v) is 2.09. The van der Waals surface area contributed by atoms with E-state index in [1.54, 1.807) is 0 Å². The van der Waals surface area contributed by atoms with Crippen molar-refractivity contribution in [2.24, 2.45) is 5.92 Å². The first-order valence-electron chi connectivity index (χ1n) is 6.45. The van der Waals surface area contributed by atoms with E-state index in [2.05, 4.69) is 15.5 Å². The first-order chi connectivity index (χ1) is 7.90. The Morgan fingerprint density at radius 1 is 1.12 bits per heavy atom. The Labute approximate surface area is 95.8 Å². The molecule has 0 aliphatic heterocycles. The molecule has 3 rings (SSSR count). The molecule has 0 saturated heterocycles. The van der Waals surface area contributed by atoms with E-state index in [9.17, 15) is 0 Å². The van der Waals surface area contributed by atoms with Crippen LogP contribution in [0.2, 0.25) is 0 Å². The zero-order valence-electron chi connectivity index (χ0n) is 9.61. The Morgan fingerprint density at radius 3 is 2.62 bits per heavy atom. The highest BCUT2D eigenvalue weighted by Crippen LogP contribution is 2.29. The van der Waals surface area contributed by atoms with Gasteiger partial charge in [0.05, 0.1) is 0 Å². The van der Waals surface area contributed by atoms with E-state index in [0.29, 0.717) is 0 Å². The summed E-state index contributed by atoms with van der Waals surface area (Å²) in [5.74, 6) is 2.44. The Bertz CT molecular complexity index is 342. The summed E-state index contributed by atoms with van der Waals surface area (Å²) in [4.78, 5) is 0. The monoisotopic (exact) mass is 221 g/mol. The van der Waals surface area contributed by atoms with Crippen LogP contribution in [-0.4, -0.2) is 22.8 Å². The lowest BCUT2D eigenvalue weighted by Crippen LogP contribution is -2.19.